The summed E-state index contributed by atoms with van der Waals surface area (Å²) in [6.45, 7) is 0. The van der Waals surface area contributed by atoms with Crippen molar-refractivity contribution < 1.29 is 4.79 Å². The maximum atomic E-state index is 11.8. The SMILES string of the molecule is O=C(/C=C/c1ccccc1)Nc1ccc2[nH]ncc2c1. The second-order valence-electron chi connectivity index (χ2n) is 4.41. The molecule has 0 aliphatic rings. The maximum absolute atomic E-state index is 11.8. The number of aromatic amines is 1. The summed E-state index contributed by atoms with van der Waals surface area (Å²) in [6.07, 6.45) is 5.03. The topological polar surface area (TPSA) is 57.8 Å². The molecule has 1 heterocycles. The number of amides is 1. The average molecular weight is 263 g/mol. The summed E-state index contributed by atoms with van der Waals surface area (Å²) in [6, 6.07) is 15.3. The van der Waals surface area contributed by atoms with Crippen molar-refractivity contribution in [3.05, 3.63) is 66.4 Å². The number of rotatable bonds is 3. The number of anilines is 1. The van der Waals surface area contributed by atoms with Gasteiger partial charge in [0.05, 0.1) is 11.7 Å². The van der Waals surface area contributed by atoms with E-state index in [0.717, 1.165) is 22.2 Å². The van der Waals surface area contributed by atoms with Crippen molar-refractivity contribution in [3.63, 3.8) is 0 Å². The molecule has 20 heavy (non-hydrogen) atoms. The fourth-order valence-corrected chi connectivity index (χ4v) is 1.94. The predicted molar refractivity (Wildman–Crippen MR) is 80.2 cm³/mol. The van der Waals surface area contributed by atoms with Gasteiger partial charge in [0.2, 0.25) is 5.91 Å². The number of aromatic nitrogens is 2. The lowest BCUT2D eigenvalue weighted by Crippen LogP contribution is -2.07. The van der Waals surface area contributed by atoms with Gasteiger partial charge >= 0.3 is 0 Å². The van der Waals surface area contributed by atoms with Gasteiger partial charge in [0.15, 0.2) is 0 Å². The van der Waals surface area contributed by atoms with Crippen LogP contribution in [0, 0.1) is 0 Å². The highest BCUT2D eigenvalue weighted by molar-refractivity contribution is 6.02. The van der Waals surface area contributed by atoms with Crippen LogP contribution in [0.5, 0.6) is 0 Å². The van der Waals surface area contributed by atoms with E-state index in [9.17, 15) is 4.79 Å². The lowest BCUT2D eigenvalue weighted by molar-refractivity contribution is -0.111. The van der Waals surface area contributed by atoms with Gasteiger partial charge in [0, 0.05) is 17.1 Å². The molecule has 0 radical (unpaired) electrons. The van der Waals surface area contributed by atoms with Crippen molar-refractivity contribution in [2.24, 2.45) is 0 Å². The quantitative estimate of drug-likeness (QED) is 0.713. The van der Waals surface area contributed by atoms with E-state index in [0.29, 0.717) is 0 Å². The highest BCUT2D eigenvalue weighted by Crippen LogP contribution is 2.16. The summed E-state index contributed by atoms with van der Waals surface area (Å²) in [5, 5.41) is 10.6. The van der Waals surface area contributed by atoms with E-state index in [4.69, 9.17) is 0 Å². The Morgan fingerprint density at radius 2 is 2.00 bits per heavy atom. The minimum atomic E-state index is -0.156. The first-order chi connectivity index (χ1) is 9.81. The number of H-pyrrole nitrogens is 1. The summed E-state index contributed by atoms with van der Waals surface area (Å²) in [7, 11) is 0. The zero-order chi connectivity index (χ0) is 13.8. The smallest absolute Gasteiger partial charge is 0.248 e. The van der Waals surface area contributed by atoms with E-state index >= 15 is 0 Å². The van der Waals surface area contributed by atoms with Crippen molar-refractivity contribution >= 4 is 28.6 Å². The maximum Gasteiger partial charge on any atom is 0.248 e. The summed E-state index contributed by atoms with van der Waals surface area (Å²) >= 11 is 0. The number of nitrogens with one attached hydrogen (secondary N) is 2. The van der Waals surface area contributed by atoms with Crippen molar-refractivity contribution in [1.82, 2.24) is 10.2 Å². The number of benzene rings is 2. The molecule has 2 aromatic carbocycles. The van der Waals surface area contributed by atoms with Gasteiger partial charge in [-0.1, -0.05) is 30.3 Å². The molecule has 0 saturated heterocycles. The average Bonchev–Trinajstić information content (AvgIpc) is 2.94. The largest absolute Gasteiger partial charge is 0.322 e. The van der Waals surface area contributed by atoms with Gasteiger partial charge in [-0.15, -0.1) is 0 Å². The van der Waals surface area contributed by atoms with Crippen LogP contribution in [-0.4, -0.2) is 16.1 Å². The number of carbonyl (C=O) groups excluding carboxylic acids is 1. The fraction of sp³-hybridized carbons (Fsp3) is 0. The van der Waals surface area contributed by atoms with Crippen LogP contribution in [0.4, 0.5) is 5.69 Å². The first-order valence-corrected chi connectivity index (χ1v) is 6.28. The molecule has 3 aromatic rings. The van der Waals surface area contributed by atoms with Gasteiger partial charge in [-0.3, -0.25) is 9.89 Å². The van der Waals surface area contributed by atoms with Crippen LogP contribution in [0.1, 0.15) is 5.56 Å². The first-order valence-electron chi connectivity index (χ1n) is 6.28. The van der Waals surface area contributed by atoms with E-state index in [1.165, 1.54) is 6.08 Å². The van der Waals surface area contributed by atoms with Gasteiger partial charge in [0.25, 0.3) is 0 Å². The molecular formula is C16H13N3O. The molecule has 2 N–H and O–H groups in total. The number of carbonyl (C=O) groups is 1. The van der Waals surface area contributed by atoms with E-state index < -0.39 is 0 Å². The Balaban J connectivity index is 1.70. The van der Waals surface area contributed by atoms with Crippen molar-refractivity contribution in [2.75, 3.05) is 5.32 Å². The van der Waals surface area contributed by atoms with Crippen LogP contribution in [-0.2, 0) is 4.79 Å². The van der Waals surface area contributed by atoms with E-state index in [2.05, 4.69) is 15.5 Å². The molecule has 3 rings (SSSR count). The normalized spacial score (nSPS) is 11.0. The summed E-state index contributed by atoms with van der Waals surface area (Å²) in [4.78, 5) is 11.8. The van der Waals surface area contributed by atoms with Crippen LogP contribution in [0.15, 0.2) is 60.8 Å². The number of hydrogen-bond acceptors (Lipinski definition) is 2. The third-order valence-corrected chi connectivity index (χ3v) is 2.93. The molecule has 4 heteroatoms. The fourth-order valence-electron chi connectivity index (χ4n) is 1.94. The van der Waals surface area contributed by atoms with Gasteiger partial charge in [-0.05, 0) is 29.8 Å². The molecule has 0 fully saturated rings. The van der Waals surface area contributed by atoms with Gasteiger partial charge in [-0.2, -0.15) is 5.10 Å². The van der Waals surface area contributed by atoms with Crippen molar-refractivity contribution in [1.29, 1.82) is 0 Å². The van der Waals surface area contributed by atoms with E-state index in [1.54, 1.807) is 12.3 Å². The van der Waals surface area contributed by atoms with Crippen molar-refractivity contribution in [2.45, 2.75) is 0 Å². The van der Waals surface area contributed by atoms with Crippen LogP contribution < -0.4 is 5.32 Å². The highest BCUT2D eigenvalue weighted by Gasteiger charge is 2.00. The molecule has 0 aliphatic carbocycles. The Kier molecular flexibility index (Phi) is 3.29. The van der Waals surface area contributed by atoms with Gasteiger partial charge in [0.1, 0.15) is 0 Å². The molecule has 0 aliphatic heterocycles. The van der Waals surface area contributed by atoms with Crippen LogP contribution >= 0.6 is 0 Å². The zero-order valence-electron chi connectivity index (χ0n) is 10.7. The number of hydrogen-bond donors (Lipinski definition) is 2. The van der Waals surface area contributed by atoms with Gasteiger partial charge in [-0.25, -0.2) is 0 Å². The lowest BCUT2D eigenvalue weighted by Gasteiger charge is -2.01. The van der Waals surface area contributed by atoms with Crippen LogP contribution in [0.25, 0.3) is 17.0 Å². The molecular weight excluding hydrogens is 250 g/mol. The van der Waals surface area contributed by atoms with Crippen molar-refractivity contribution in [3.8, 4) is 0 Å². The third kappa shape index (κ3) is 2.75. The summed E-state index contributed by atoms with van der Waals surface area (Å²) < 4.78 is 0. The molecule has 0 bridgehead atoms. The molecule has 0 spiro atoms. The molecule has 0 saturated carbocycles. The van der Waals surface area contributed by atoms with Gasteiger partial charge < -0.3 is 5.32 Å². The lowest BCUT2D eigenvalue weighted by atomic mass is 10.2. The Labute approximate surface area is 116 Å². The Morgan fingerprint density at radius 1 is 1.15 bits per heavy atom. The van der Waals surface area contributed by atoms with E-state index in [1.807, 2.05) is 48.5 Å². The highest BCUT2D eigenvalue weighted by atomic mass is 16.1. The molecule has 0 unspecified atom stereocenters. The predicted octanol–water partition coefficient (Wildman–Crippen LogP) is 3.21. The number of fused-ring (bicyclic) bond motifs is 1. The zero-order valence-corrected chi connectivity index (χ0v) is 10.7. The Bertz CT molecular complexity index is 760. The summed E-state index contributed by atoms with van der Waals surface area (Å²) in [5.74, 6) is -0.156. The Morgan fingerprint density at radius 3 is 2.85 bits per heavy atom. The Hall–Kier alpha value is -2.88. The number of nitrogens with zero attached hydrogens (tertiary/aromatic N) is 1. The summed E-state index contributed by atoms with van der Waals surface area (Å²) in [5.41, 5.74) is 2.69. The minimum Gasteiger partial charge on any atom is -0.322 e. The van der Waals surface area contributed by atoms with Crippen LogP contribution in [0.3, 0.4) is 0 Å². The monoisotopic (exact) mass is 263 g/mol. The van der Waals surface area contributed by atoms with Crippen LogP contribution in [0.2, 0.25) is 0 Å². The second kappa shape index (κ2) is 5.40. The first kappa shape index (κ1) is 12.2. The molecule has 1 aromatic heterocycles. The minimum absolute atomic E-state index is 0.156. The van der Waals surface area contributed by atoms with E-state index in [-0.39, 0.29) is 5.91 Å². The third-order valence-electron chi connectivity index (χ3n) is 2.93. The molecule has 1 amide bonds. The molecule has 98 valence electrons. The molecule has 4 nitrogen and oxygen atoms in total. The molecule has 0 atom stereocenters. The second-order valence-corrected chi connectivity index (χ2v) is 4.41. The standard InChI is InChI=1S/C16H13N3O/c20-16(9-6-12-4-2-1-3-5-12)18-14-7-8-15-13(10-14)11-17-19-15/h1-11H,(H,17,19)(H,18,20)/b9-6+.